The maximum absolute atomic E-state index is 13.7. The van der Waals surface area contributed by atoms with Crippen LogP contribution < -0.4 is 5.32 Å². The third-order valence-corrected chi connectivity index (χ3v) is 8.84. The monoisotopic (exact) mass is 625 g/mol. The second-order valence-corrected chi connectivity index (χ2v) is 13.2. The second kappa shape index (κ2) is 12.7. The highest BCUT2D eigenvalue weighted by Crippen LogP contribution is 2.41. The third-order valence-electron chi connectivity index (χ3n) is 8.21. The number of nitrogens with zero attached hydrogens (tertiary/aromatic N) is 2. The standard InChI is InChI=1S/C33H37Cl2N3O5/c1-33(2,3)43-32(41)38-27-11-6-5-8-21(27)18-28(38)30(39)37-26(31(40)42-4)17-19-12-14-24-20(16-19)13-15-25(36-24)29-22(34)9-7-10-23(29)35/h7,9-10,12-16,21,26-28H,5-6,8,11,17-18H2,1-4H3,(H,37,39)/t21-,26?,27-,28-/m0/s1. The van der Waals surface area contributed by atoms with Gasteiger partial charge in [-0.25, -0.2) is 14.6 Å². The van der Waals surface area contributed by atoms with Crippen LogP contribution in [0.5, 0.6) is 0 Å². The summed E-state index contributed by atoms with van der Waals surface area (Å²) in [5.74, 6) is -0.707. The molecule has 8 nitrogen and oxygen atoms in total. The number of likely N-dealkylation sites (tertiary alicyclic amines) is 1. The molecule has 0 bridgehead atoms. The summed E-state index contributed by atoms with van der Waals surface area (Å²) in [4.78, 5) is 46.2. The van der Waals surface area contributed by atoms with Crippen molar-refractivity contribution < 1.29 is 23.9 Å². The molecule has 0 radical (unpaired) electrons. The molecule has 2 aliphatic rings. The van der Waals surface area contributed by atoms with Gasteiger partial charge < -0.3 is 14.8 Å². The van der Waals surface area contributed by atoms with E-state index in [2.05, 4.69) is 5.32 Å². The van der Waals surface area contributed by atoms with Crippen molar-refractivity contribution in [3.8, 4) is 11.3 Å². The van der Waals surface area contributed by atoms with Gasteiger partial charge in [-0.1, -0.05) is 54.2 Å². The number of amides is 2. The number of hydrogen-bond acceptors (Lipinski definition) is 6. The molecule has 228 valence electrons. The first-order valence-electron chi connectivity index (χ1n) is 14.7. The van der Waals surface area contributed by atoms with E-state index in [-0.39, 0.29) is 24.3 Å². The van der Waals surface area contributed by atoms with Gasteiger partial charge in [-0.2, -0.15) is 0 Å². The Morgan fingerprint density at radius 1 is 1.05 bits per heavy atom. The summed E-state index contributed by atoms with van der Waals surface area (Å²) in [6, 6.07) is 13.1. The maximum Gasteiger partial charge on any atom is 0.411 e. The lowest BCUT2D eigenvalue weighted by molar-refractivity contribution is -0.145. The van der Waals surface area contributed by atoms with E-state index in [1.807, 2.05) is 51.1 Å². The SMILES string of the molecule is COC(=O)C(Cc1ccc2nc(-c3c(Cl)cccc3Cl)ccc2c1)NC(=O)[C@@H]1C[C@@H]2CCCC[C@@H]2N1C(=O)OC(C)(C)C. The Balaban J connectivity index is 1.36. The van der Waals surface area contributed by atoms with Gasteiger partial charge in [0.1, 0.15) is 17.7 Å². The Hall–Kier alpha value is -3.36. The fourth-order valence-electron chi connectivity index (χ4n) is 6.29. The summed E-state index contributed by atoms with van der Waals surface area (Å²) < 4.78 is 10.8. The molecule has 4 atom stereocenters. The van der Waals surface area contributed by atoms with Crippen LogP contribution >= 0.6 is 23.2 Å². The average molecular weight is 627 g/mol. The summed E-state index contributed by atoms with van der Waals surface area (Å²) in [6.45, 7) is 5.44. The molecule has 0 spiro atoms. The summed E-state index contributed by atoms with van der Waals surface area (Å²) in [7, 11) is 1.30. The van der Waals surface area contributed by atoms with Gasteiger partial charge in [0, 0.05) is 23.4 Å². The van der Waals surface area contributed by atoms with E-state index in [4.69, 9.17) is 37.7 Å². The molecular formula is C33H37Cl2N3O5. The summed E-state index contributed by atoms with van der Waals surface area (Å²) in [5.41, 5.74) is 2.18. The molecule has 1 N–H and O–H groups in total. The third kappa shape index (κ3) is 6.91. The molecule has 3 aromatic rings. The van der Waals surface area contributed by atoms with Gasteiger partial charge in [-0.05, 0) is 81.8 Å². The quantitative estimate of drug-likeness (QED) is 0.297. The molecule has 2 aromatic carbocycles. The van der Waals surface area contributed by atoms with Gasteiger partial charge in [0.15, 0.2) is 0 Å². The smallest absolute Gasteiger partial charge is 0.411 e. The lowest BCUT2D eigenvalue weighted by Gasteiger charge is -2.35. The fourth-order valence-corrected chi connectivity index (χ4v) is 6.89. The number of halogens is 2. The molecule has 1 unspecified atom stereocenters. The van der Waals surface area contributed by atoms with E-state index in [1.54, 1.807) is 23.1 Å². The Kier molecular flexibility index (Phi) is 9.18. The lowest BCUT2D eigenvalue weighted by Crippen LogP contribution is -2.54. The van der Waals surface area contributed by atoms with Crippen molar-refractivity contribution >= 4 is 52.1 Å². The minimum Gasteiger partial charge on any atom is -0.467 e. The van der Waals surface area contributed by atoms with Crippen molar-refractivity contribution in [2.24, 2.45) is 5.92 Å². The van der Waals surface area contributed by atoms with Crippen molar-refractivity contribution in [1.29, 1.82) is 0 Å². The van der Waals surface area contributed by atoms with E-state index < -0.39 is 29.7 Å². The minimum atomic E-state index is -0.938. The highest BCUT2D eigenvalue weighted by atomic mass is 35.5. The van der Waals surface area contributed by atoms with Crippen molar-refractivity contribution in [3.63, 3.8) is 0 Å². The molecule has 1 saturated carbocycles. The highest BCUT2D eigenvalue weighted by Gasteiger charge is 2.49. The number of pyridine rings is 1. The van der Waals surface area contributed by atoms with Crippen molar-refractivity contribution in [2.75, 3.05) is 7.11 Å². The van der Waals surface area contributed by atoms with E-state index in [1.165, 1.54) is 7.11 Å². The molecule has 1 aliphatic carbocycles. The predicted octanol–water partition coefficient (Wildman–Crippen LogP) is 6.98. The van der Waals surface area contributed by atoms with Crippen LogP contribution in [-0.2, 0) is 25.5 Å². The van der Waals surface area contributed by atoms with Gasteiger partial charge in [0.2, 0.25) is 5.91 Å². The Bertz CT molecular complexity index is 1520. The molecule has 2 amide bonds. The Labute approximate surface area is 262 Å². The summed E-state index contributed by atoms with van der Waals surface area (Å²) in [6.07, 6.45) is 4.14. The van der Waals surface area contributed by atoms with Crippen LogP contribution in [0.4, 0.5) is 4.79 Å². The number of nitrogens with one attached hydrogen (secondary N) is 1. The first kappa shape index (κ1) is 31.1. The molecule has 1 aromatic heterocycles. The van der Waals surface area contributed by atoms with Crippen LogP contribution in [0.25, 0.3) is 22.2 Å². The number of carbonyl (C=O) groups excluding carboxylic acids is 3. The number of esters is 1. The van der Waals surface area contributed by atoms with Crippen LogP contribution in [0, 0.1) is 5.92 Å². The molecule has 10 heteroatoms. The van der Waals surface area contributed by atoms with Gasteiger partial charge in [-0.15, -0.1) is 0 Å². The number of benzene rings is 2. The van der Waals surface area contributed by atoms with Crippen LogP contribution in [-0.4, -0.2) is 58.7 Å². The average Bonchev–Trinajstić information content (AvgIpc) is 3.35. The summed E-state index contributed by atoms with van der Waals surface area (Å²) in [5, 5.41) is 4.78. The van der Waals surface area contributed by atoms with Gasteiger partial charge >= 0.3 is 12.1 Å². The van der Waals surface area contributed by atoms with Crippen molar-refractivity contribution in [1.82, 2.24) is 15.2 Å². The number of methoxy groups -OCH3 is 1. The molecule has 43 heavy (non-hydrogen) atoms. The summed E-state index contributed by atoms with van der Waals surface area (Å²) >= 11 is 12.8. The van der Waals surface area contributed by atoms with Crippen LogP contribution in [0.2, 0.25) is 10.0 Å². The zero-order valence-electron chi connectivity index (χ0n) is 24.9. The first-order chi connectivity index (χ1) is 20.4. The molecule has 2 fully saturated rings. The van der Waals surface area contributed by atoms with Gasteiger partial charge in [0.05, 0.1) is 28.4 Å². The Morgan fingerprint density at radius 3 is 2.47 bits per heavy atom. The van der Waals surface area contributed by atoms with Crippen LogP contribution in [0.15, 0.2) is 48.5 Å². The highest BCUT2D eigenvalue weighted by molar-refractivity contribution is 6.39. The topological polar surface area (TPSA) is 97.8 Å². The number of rotatable bonds is 6. The lowest BCUT2D eigenvalue weighted by atomic mass is 9.85. The molecule has 1 saturated heterocycles. The minimum absolute atomic E-state index is 0.0468. The number of hydrogen-bond donors (Lipinski definition) is 1. The number of ether oxygens (including phenoxy) is 2. The molecule has 5 rings (SSSR count). The van der Waals surface area contributed by atoms with E-state index >= 15 is 0 Å². The van der Waals surface area contributed by atoms with Crippen molar-refractivity contribution in [3.05, 3.63) is 64.1 Å². The van der Waals surface area contributed by atoms with Gasteiger partial charge in [0.25, 0.3) is 0 Å². The number of aromatic nitrogens is 1. The zero-order valence-corrected chi connectivity index (χ0v) is 26.4. The number of fused-ring (bicyclic) bond motifs is 2. The van der Waals surface area contributed by atoms with Crippen LogP contribution in [0.1, 0.15) is 58.4 Å². The van der Waals surface area contributed by atoms with Crippen molar-refractivity contribution in [2.45, 2.75) is 83.0 Å². The normalized spacial score (nSPS) is 20.8. The first-order valence-corrected chi connectivity index (χ1v) is 15.4. The van der Waals surface area contributed by atoms with E-state index in [0.29, 0.717) is 27.7 Å². The molecular weight excluding hydrogens is 589 g/mol. The molecule has 2 heterocycles. The number of carbonyl (C=O) groups is 3. The zero-order chi connectivity index (χ0) is 30.9. The maximum atomic E-state index is 13.7. The van der Waals surface area contributed by atoms with Gasteiger partial charge in [-0.3, -0.25) is 9.69 Å². The second-order valence-electron chi connectivity index (χ2n) is 12.4. The Morgan fingerprint density at radius 2 is 1.77 bits per heavy atom. The van der Waals surface area contributed by atoms with Crippen LogP contribution in [0.3, 0.4) is 0 Å². The van der Waals surface area contributed by atoms with E-state index in [0.717, 1.165) is 42.1 Å². The molecule has 1 aliphatic heterocycles. The largest absolute Gasteiger partial charge is 0.467 e. The fraction of sp³-hybridized carbons (Fsp3) is 0.455. The predicted molar refractivity (Wildman–Crippen MR) is 167 cm³/mol. The van der Waals surface area contributed by atoms with E-state index in [9.17, 15) is 14.4 Å².